The van der Waals surface area contributed by atoms with Crippen molar-refractivity contribution in [3.8, 4) is 0 Å². The van der Waals surface area contributed by atoms with E-state index in [0.717, 1.165) is 12.1 Å². The normalized spacial score (nSPS) is 17.3. The van der Waals surface area contributed by atoms with Gasteiger partial charge in [-0.2, -0.15) is 13.2 Å². The van der Waals surface area contributed by atoms with Crippen LogP contribution in [0.4, 0.5) is 17.6 Å². The molecule has 0 aliphatic carbocycles. The summed E-state index contributed by atoms with van der Waals surface area (Å²) in [7, 11) is 0. The van der Waals surface area contributed by atoms with Crippen LogP contribution in [-0.4, -0.2) is 23.0 Å². The van der Waals surface area contributed by atoms with Gasteiger partial charge in [-0.15, -0.1) is 0 Å². The summed E-state index contributed by atoms with van der Waals surface area (Å²) in [6, 6.07) is 2.30. The van der Waals surface area contributed by atoms with Crippen LogP contribution in [0.1, 0.15) is 24.1 Å². The lowest BCUT2D eigenvalue weighted by Gasteiger charge is -2.29. The topological polar surface area (TPSA) is 66.5 Å². The van der Waals surface area contributed by atoms with E-state index in [1.165, 1.54) is 13.0 Å². The lowest BCUT2D eigenvalue weighted by molar-refractivity contribution is -0.278. The van der Waals surface area contributed by atoms with Crippen LogP contribution < -0.4 is 5.73 Å². The molecule has 0 fully saturated rings. The second-order valence-electron chi connectivity index (χ2n) is 4.01. The third kappa shape index (κ3) is 2.33. The van der Waals surface area contributed by atoms with Crippen LogP contribution >= 0.6 is 0 Å². The van der Waals surface area contributed by atoms with Gasteiger partial charge in [0, 0.05) is 17.2 Å². The largest absolute Gasteiger partial charge is 0.423 e. The minimum Gasteiger partial charge on any atom is -0.393 e. The molecular weight excluding hydrogens is 254 g/mol. The molecule has 0 aliphatic heterocycles. The van der Waals surface area contributed by atoms with Crippen LogP contribution in [-0.2, 0) is 5.60 Å². The fraction of sp³-hybridized carbons (Fsp3) is 0.455. The molecule has 18 heavy (non-hydrogen) atoms. The summed E-state index contributed by atoms with van der Waals surface area (Å²) in [6.45, 7) is -0.274. The molecular formula is C11H13F4NO2. The van der Waals surface area contributed by atoms with Crippen LogP contribution in [0.3, 0.4) is 0 Å². The first kappa shape index (κ1) is 14.9. The summed E-state index contributed by atoms with van der Waals surface area (Å²) >= 11 is 0. The molecule has 0 saturated heterocycles. The predicted molar refractivity (Wildman–Crippen MR) is 56.0 cm³/mol. The number of aliphatic hydroxyl groups is 2. The van der Waals surface area contributed by atoms with E-state index in [1.54, 1.807) is 0 Å². The molecule has 0 heterocycles. The lowest BCUT2D eigenvalue weighted by Crippen LogP contribution is -2.46. The van der Waals surface area contributed by atoms with Gasteiger partial charge in [-0.3, -0.25) is 0 Å². The molecule has 0 aromatic heterocycles. The maximum atomic E-state index is 13.9. The average Bonchev–Trinajstić information content (AvgIpc) is 2.26. The molecule has 0 aliphatic rings. The second-order valence-corrected chi connectivity index (χ2v) is 4.01. The summed E-state index contributed by atoms with van der Waals surface area (Å²) in [5.41, 5.74) is 0.577. The number of rotatable bonds is 3. The highest BCUT2D eigenvalue weighted by Crippen LogP contribution is 2.40. The van der Waals surface area contributed by atoms with Crippen molar-refractivity contribution in [3.05, 3.63) is 35.1 Å². The SMILES string of the molecule is C[C@@H](N)c1cccc([C@@](O)(CO)C(F)(F)F)c1F. The quantitative estimate of drug-likeness (QED) is 0.728. The van der Waals surface area contributed by atoms with Crippen LogP contribution in [0.15, 0.2) is 18.2 Å². The van der Waals surface area contributed by atoms with Crippen LogP contribution in [0.2, 0.25) is 0 Å². The minimum absolute atomic E-state index is 0.163. The Hall–Kier alpha value is -1.18. The molecule has 102 valence electrons. The van der Waals surface area contributed by atoms with Crippen LogP contribution in [0.5, 0.6) is 0 Å². The zero-order chi connectivity index (χ0) is 14.1. The first-order chi connectivity index (χ1) is 8.15. The molecule has 1 rings (SSSR count). The lowest BCUT2D eigenvalue weighted by atomic mass is 9.90. The molecule has 0 amide bonds. The van der Waals surface area contributed by atoms with E-state index < -0.39 is 35.8 Å². The summed E-state index contributed by atoms with van der Waals surface area (Å²) in [5, 5.41) is 18.2. The minimum atomic E-state index is -5.20. The van der Waals surface area contributed by atoms with E-state index in [-0.39, 0.29) is 5.56 Å². The molecule has 1 aromatic rings. The Morgan fingerprint density at radius 2 is 1.89 bits per heavy atom. The Morgan fingerprint density at radius 1 is 1.33 bits per heavy atom. The van der Waals surface area contributed by atoms with Crippen molar-refractivity contribution in [2.45, 2.75) is 24.7 Å². The maximum absolute atomic E-state index is 13.9. The van der Waals surface area contributed by atoms with Gasteiger partial charge in [0.05, 0.1) is 6.61 Å². The van der Waals surface area contributed by atoms with Gasteiger partial charge in [0.1, 0.15) is 5.82 Å². The fourth-order valence-electron chi connectivity index (χ4n) is 1.55. The van der Waals surface area contributed by atoms with Gasteiger partial charge < -0.3 is 15.9 Å². The first-order valence-corrected chi connectivity index (χ1v) is 5.09. The Morgan fingerprint density at radius 3 is 2.28 bits per heavy atom. The summed E-state index contributed by atoms with van der Waals surface area (Å²) in [6.07, 6.45) is -5.20. The van der Waals surface area contributed by atoms with Crippen molar-refractivity contribution < 1.29 is 27.8 Å². The number of hydrogen-bond acceptors (Lipinski definition) is 3. The van der Waals surface area contributed by atoms with Crippen molar-refractivity contribution in [1.29, 1.82) is 0 Å². The van der Waals surface area contributed by atoms with E-state index >= 15 is 0 Å². The van der Waals surface area contributed by atoms with Gasteiger partial charge in [-0.1, -0.05) is 18.2 Å². The number of nitrogens with two attached hydrogens (primary N) is 1. The number of alkyl halides is 3. The summed E-state index contributed by atoms with van der Waals surface area (Å²) in [4.78, 5) is 0. The van der Waals surface area contributed by atoms with Gasteiger partial charge in [0.25, 0.3) is 0 Å². The smallest absolute Gasteiger partial charge is 0.393 e. The van der Waals surface area contributed by atoms with Crippen molar-refractivity contribution in [1.82, 2.24) is 0 Å². The van der Waals surface area contributed by atoms with Gasteiger partial charge in [0.15, 0.2) is 0 Å². The maximum Gasteiger partial charge on any atom is 0.423 e. The van der Waals surface area contributed by atoms with E-state index in [1.807, 2.05) is 0 Å². The first-order valence-electron chi connectivity index (χ1n) is 5.09. The van der Waals surface area contributed by atoms with E-state index in [2.05, 4.69) is 0 Å². The monoisotopic (exact) mass is 267 g/mol. The van der Waals surface area contributed by atoms with Crippen LogP contribution in [0.25, 0.3) is 0 Å². The molecule has 0 bridgehead atoms. The molecule has 2 atom stereocenters. The number of benzene rings is 1. The Kier molecular flexibility index (Phi) is 3.99. The number of aliphatic hydroxyl groups excluding tert-OH is 1. The summed E-state index contributed by atoms with van der Waals surface area (Å²) < 4.78 is 52.0. The van der Waals surface area contributed by atoms with Gasteiger partial charge in [-0.25, -0.2) is 4.39 Å². The number of hydrogen-bond donors (Lipinski definition) is 3. The molecule has 0 unspecified atom stereocenters. The van der Waals surface area contributed by atoms with E-state index in [4.69, 9.17) is 10.8 Å². The molecule has 0 radical (unpaired) electrons. The van der Waals surface area contributed by atoms with Gasteiger partial charge in [-0.05, 0) is 6.92 Å². The highest BCUT2D eigenvalue weighted by atomic mass is 19.4. The predicted octanol–water partition coefficient (Wildman–Crippen LogP) is 1.59. The van der Waals surface area contributed by atoms with E-state index in [9.17, 15) is 22.7 Å². The second kappa shape index (κ2) is 4.83. The van der Waals surface area contributed by atoms with Crippen molar-refractivity contribution in [2.75, 3.05) is 6.61 Å². The van der Waals surface area contributed by atoms with Crippen LogP contribution in [0, 0.1) is 5.82 Å². The Balaban J connectivity index is 3.45. The van der Waals surface area contributed by atoms with Crippen molar-refractivity contribution in [2.24, 2.45) is 5.73 Å². The van der Waals surface area contributed by atoms with Gasteiger partial charge >= 0.3 is 6.18 Å². The molecule has 7 heteroatoms. The van der Waals surface area contributed by atoms with Gasteiger partial charge in [0.2, 0.25) is 5.60 Å². The van der Waals surface area contributed by atoms with E-state index in [0.29, 0.717) is 0 Å². The zero-order valence-electron chi connectivity index (χ0n) is 9.50. The zero-order valence-corrected chi connectivity index (χ0v) is 9.50. The fourth-order valence-corrected chi connectivity index (χ4v) is 1.55. The molecule has 1 aromatic carbocycles. The van der Waals surface area contributed by atoms with Crippen molar-refractivity contribution in [3.63, 3.8) is 0 Å². The number of halogens is 4. The highest BCUT2D eigenvalue weighted by Gasteiger charge is 2.56. The Bertz CT molecular complexity index is 434. The molecule has 4 N–H and O–H groups in total. The molecule has 0 saturated carbocycles. The Labute approximate surface area is 101 Å². The standard InChI is InChI=1S/C11H13F4NO2/c1-6(16)7-3-2-4-8(9(7)12)10(18,5-17)11(13,14)15/h2-4,6,17-18H,5,16H2,1H3/t6-,10+/m1/s1. The highest BCUT2D eigenvalue weighted by molar-refractivity contribution is 5.33. The molecule has 0 spiro atoms. The third-order valence-electron chi connectivity index (χ3n) is 2.66. The third-order valence-corrected chi connectivity index (χ3v) is 2.66. The molecule has 3 nitrogen and oxygen atoms in total. The van der Waals surface area contributed by atoms with Crippen molar-refractivity contribution >= 4 is 0 Å². The average molecular weight is 267 g/mol. The summed E-state index contributed by atoms with van der Waals surface area (Å²) in [5.74, 6) is -1.26.